The first kappa shape index (κ1) is 13.4. The van der Waals surface area contributed by atoms with Gasteiger partial charge >= 0.3 is 12.1 Å². The van der Waals surface area contributed by atoms with Crippen LogP contribution in [0.25, 0.3) is 0 Å². The Labute approximate surface area is 104 Å². The summed E-state index contributed by atoms with van der Waals surface area (Å²) in [6.45, 7) is 6.61. The normalized spacial score (nSPS) is 34.7. The van der Waals surface area contributed by atoms with E-state index in [1.54, 1.807) is 0 Å². The Morgan fingerprint density at radius 2 is 1.89 bits per heavy atom. The molecule has 0 aliphatic heterocycles. The van der Waals surface area contributed by atoms with Crippen LogP contribution in [-0.2, 0) is 9.53 Å². The third kappa shape index (κ3) is 2.40. The number of hydrogen-bond acceptors (Lipinski definition) is 2. The smallest absolute Gasteiger partial charge is 0.422 e. The molecule has 4 atom stereocenters. The average Bonchev–Trinajstić information content (AvgIpc) is 2.85. The van der Waals surface area contributed by atoms with Gasteiger partial charge in [-0.2, -0.15) is 13.2 Å². The van der Waals surface area contributed by atoms with E-state index in [4.69, 9.17) is 4.74 Å². The summed E-state index contributed by atoms with van der Waals surface area (Å²) in [5.74, 6) is -0.141. The van der Waals surface area contributed by atoms with Gasteiger partial charge in [0.25, 0.3) is 0 Å². The minimum atomic E-state index is -4.70. The number of fused-ring (bicyclic) bond motifs is 2. The van der Waals surface area contributed by atoms with E-state index in [0.29, 0.717) is 18.3 Å². The van der Waals surface area contributed by atoms with Crippen LogP contribution in [0.1, 0.15) is 25.7 Å². The van der Waals surface area contributed by atoms with Crippen LogP contribution < -0.4 is 0 Å². The average molecular weight is 261 g/mol. The summed E-state index contributed by atoms with van der Waals surface area (Å²) in [6, 6.07) is 0. The number of hydrogen-bond donors (Lipinski definition) is 0. The zero-order valence-corrected chi connectivity index (χ0v) is 10.0. The van der Waals surface area contributed by atoms with Crippen molar-refractivity contribution < 1.29 is 22.7 Å². The molecular formula is C13H16F3O2. The predicted octanol–water partition coefficient (Wildman–Crippen LogP) is 3.29. The first-order valence-corrected chi connectivity index (χ1v) is 6.09. The van der Waals surface area contributed by atoms with Crippen molar-refractivity contribution in [1.29, 1.82) is 0 Å². The summed E-state index contributed by atoms with van der Waals surface area (Å²) in [7, 11) is 0. The summed E-state index contributed by atoms with van der Waals surface area (Å²) < 4.78 is 41.8. The Balaban J connectivity index is 1.90. The third-order valence-electron chi connectivity index (χ3n) is 4.16. The van der Waals surface area contributed by atoms with Crippen LogP contribution in [0.5, 0.6) is 0 Å². The third-order valence-corrected chi connectivity index (χ3v) is 4.16. The Kier molecular flexibility index (Phi) is 3.43. The van der Waals surface area contributed by atoms with E-state index in [1.807, 2.05) is 0 Å². The van der Waals surface area contributed by atoms with Crippen LogP contribution >= 0.6 is 0 Å². The molecule has 0 aromatic heterocycles. The maximum Gasteiger partial charge on any atom is 0.422 e. The molecule has 0 heterocycles. The van der Waals surface area contributed by atoms with E-state index in [9.17, 15) is 18.0 Å². The molecule has 2 aliphatic rings. The molecule has 2 aliphatic carbocycles. The molecule has 2 fully saturated rings. The Hall–Kier alpha value is -1.00. The lowest BCUT2D eigenvalue weighted by Gasteiger charge is -2.27. The lowest BCUT2D eigenvalue weighted by Crippen LogP contribution is -2.30. The highest BCUT2D eigenvalue weighted by Gasteiger charge is 2.48. The topological polar surface area (TPSA) is 26.3 Å². The second-order valence-corrected chi connectivity index (χ2v) is 5.20. The molecule has 2 nitrogen and oxygen atoms in total. The largest absolute Gasteiger partial charge is 0.458 e. The maximum absolute atomic E-state index is 12.3. The number of alkyl halides is 3. The number of esters is 1. The zero-order chi connectivity index (χ0) is 13.5. The van der Waals surface area contributed by atoms with Gasteiger partial charge in [0.1, 0.15) is 11.7 Å². The minimum Gasteiger partial charge on any atom is -0.458 e. The molecule has 2 rings (SSSR count). The van der Waals surface area contributed by atoms with E-state index in [-0.39, 0.29) is 12.0 Å². The van der Waals surface area contributed by atoms with Crippen LogP contribution in [0, 0.1) is 24.7 Å². The van der Waals surface area contributed by atoms with E-state index >= 15 is 0 Å². The van der Waals surface area contributed by atoms with Gasteiger partial charge in [0.2, 0.25) is 0 Å². The van der Waals surface area contributed by atoms with Gasteiger partial charge < -0.3 is 4.74 Å². The fraction of sp³-hybridized carbons (Fsp3) is 0.692. The van der Waals surface area contributed by atoms with Crippen molar-refractivity contribution in [2.45, 2.75) is 38.0 Å². The molecule has 0 N–H and O–H groups in total. The lowest BCUT2D eigenvalue weighted by atomic mass is 9.85. The first-order valence-electron chi connectivity index (χ1n) is 6.09. The van der Waals surface area contributed by atoms with Crippen molar-refractivity contribution in [3.8, 4) is 0 Å². The summed E-state index contributed by atoms with van der Waals surface area (Å²) in [6.07, 6.45) is -1.71. The molecular weight excluding hydrogens is 245 g/mol. The predicted molar refractivity (Wildman–Crippen MR) is 59.4 cm³/mol. The molecule has 5 heteroatoms. The number of rotatable bonds is 3. The van der Waals surface area contributed by atoms with Gasteiger partial charge in [-0.1, -0.05) is 19.9 Å². The number of carbonyl (C=O) groups is 1. The molecule has 0 aromatic rings. The minimum absolute atomic E-state index is 0.201. The molecule has 2 saturated carbocycles. The van der Waals surface area contributed by atoms with Crippen molar-refractivity contribution in [3.05, 3.63) is 19.1 Å². The highest BCUT2D eigenvalue weighted by atomic mass is 19.4. The molecule has 0 saturated heterocycles. The van der Waals surface area contributed by atoms with Crippen molar-refractivity contribution in [2.24, 2.45) is 17.8 Å². The second kappa shape index (κ2) is 4.59. The Morgan fingerprint density at radius 3 is 2.33 bits per heavy atom. The quantitative estimate of drug-likeness (QED) is 0.575. The lowest BCUT2D eigenvalue weighted by molar-refractivity contribution is -0.157. The van der Waals surface area contributed by atoms with Gasteiger partial charge in [-0.05, 0) is 37.0 Å². The van der Waals surface area contributed by atoms with Crippen LogP contribution in [0.15, 0.2) is 12.2 Å². The van der Waals surface area contributed by atoms with E-state index in [1.165, 1.54) is 0 Å². The second-order valence-electron chi connectivity index (χ2n) is 5.20. The Bertz CT molecular complexity index is 362. The van der Waals surface area contributed by atoms with Crippen LogP contribution in [0.3, 0.4) is 0 Å². The van der Waals surface area contributed by atoms with E-state index < -0.39 is 17.7 Å². The molecule has 0 amide bonds. The van der Waals surface area contributed by atoms with Crippen LogP contribution in [0.4, 0.5) is 13.2 Å². The van der Waals surface area contributed by atoms with E-state index in [2.05, 4.69) is 13.5 Å². The van der Waals surface area contributed by atoms with Crippen molar-refractivity contribution in [1.82, 2.24) is 0 Å². The molecule has 18 heavy (non-hydrogen) atoms. The molecule has 101 valence electrons. The number of carbonyl (C=O) groups excluding carboxylic acids is 1. The molecule has 0 spiro atoms. The molecule has 4 unspecified atom stereocenters. The Morgan fingerprint density at radius 1 is 1.22 bits per heavy atom. The van der Waals surface area contributed by atoms with E-state index in [0.717, 1.165) is 19.3 Å². The highest BCUT2D eigenvalue weighted by Crippen LogP contribution is 2.50. The monoisotopic (exact) mass is 261 g/mol. The summed E-state index contributed by atoms with van der Waals surface area (Å²) >= 11 is 0. The summed E-state index contributed by atoms with van der Waals surface area (Å²) in [4.78, 5) is 11.3. The molecule has 0 aromatic carbocycles. The fourth-order valence-corrected chi connectivity index (χ4v) is 3.16. The number of ether oxygens (including phenoxy) is 1. The van der Waals surface area contributed by atoms with Crippen molar-refractivity contribution in [2.75, 3.05) is 0 Å². The number of halogens is 3. The van der Waals surface area contributed by atoms with Crippen molar-refractivity contribution >= 4 is 5.97 Å². The van der Waals surface area contributed by atoms with Gasteiger partial charge in [0.05, 0.1) is 0 Å². The van der Waals surface area contributed by atoms with Crippen molar-refractivity contribution in [3.63, 3.8) is 0 Å². The van der Waals surface area contributed by atoms with Gasteiger partial charge in [-0.3, -0.25) is 0 Å². The SMILES string of the molecule is [CH2]CC1CC2CC1CC2OC(=O)C(=C)C(F)(F)F. The van der Waals surface area contributed by atoms with Gasteiger partial charge in [-0.25, -0.2) is 4.79 Å². The molecule has 1 radical (unpaired) electrons. The van der Waals surface area contributed by atoms with Gasteiger partial charge in [-0.15, -0.1) is 0 Å². The van der Waals surface area contributed by atoms with Crippen LogP contribution in [-0.4, -0.2) is 18.2 Å². The maximum atomic E-state index is 12.3. The standard InChI is InChI=1S/C13H16F3O2/c1-3-8-4-10-5-9(8)6-11(10)18-12(17)7(2)13(14,15)16/h8-11H,1-6H2. The zero-order valence-electron chi connectivity index (χ0n) is 10.0. The van der Waals surface area contributed by atoms with Gasteiger partial charge in [0.15, 0.2) is 0 Å². The highest BCUT2D eigenvalue weighted by molar-refractivity contribution is 5.89. The van der Waals surface area contributed by atoms with Crippen LogP contribution in [0.2, 0.25) is 0 Å². The summed E-state index contributed by atoms with van der Waals surface area (Å²) in [5, 5.41) is 0. The summed E-state index contributed by atoms with van der Waals surface area (Å²) in [5.41, 5.74) is -1.42. The fourth-order valence-electron chi connectivity index (χ4n) is 3.16. The first-order chi connectivity index (χ1) is 8.32. The molecule has 2 bridgehead atoms. The van der Waals surface area contributed by atoms with Gasteiger partial charge in [0, 0.05) is 0 Å².